The molecule has 0 spiro atoms. The standard InChI is InChI=1S/C20H17FO5/c1-12-6-17-14(8-19(22)26-18(17)7-13(12)2)10-25-20(23)11-24-16-5-3-4-15(21)9-16/h3-9H,10-11H2,1-2H3. The van der Waals surface area contributed by atoms with Crippen molar-refractivity contribution in [3.8, 4) is 5.75 Å². The lowest BCUT2D eigenvalue weighted by Crippen LogP contribution is -2.15. The number of ether oxygens (including phenoxy) is 2. The van der Waals surface area contributed by atoms with Crippen LogP contribution in [-0.4, -0.2) is 12.6 Å². The Morgan fingerprint density at radius 3 is 2.65 bits per heavy atom. The Labute approximate surface area is 149 Å². The summed E-state index contributed by atoms with van der Waals surface area (Å²) in [5, 5.41) is 0.714. The topological polar surface area (TPSA) is 65.7 Å². The molecule has 0 fully saturated rings. The first-order valence-corrected chi connectivity index (χ1v) is 8.00. The van der Waals surface area contributed by atoms with Crippen molar-refractivity contribution >= 4 is 16.9 Å². The van der Waals surface area contributed by atoms with Gasteiger partial charge in [0.1, 0.15) is 23.8 Å². The van der Waals surface area contributed by atoms with Gasteiger partial charge in [-0.25, -0.2) is 14.0 Å². The minimum atomic E-state index is -0.625. The summed E-state index contributed by atoms with van der Waals surface area (Å²) in [4.78, 5) is 23.6. The van der Waals surface area contributed by atoms with Gasteiger partial charge in [-0.05, 0) is 49.2 Å². The van der Waals surface area contributed by atoms with Gasteiger partial charge in [-0.2, -0.15) is 0 Å². The first kappa shape index (κ1) is 17.7. The van der Waals surface area contributed by atoms with Gasteiger partial charge < -0.3 is 13.9 Å². The lowest BCUT2D eigenvalue weighted by atomic mass is 10.0. The van der Waals surface area contributed by atoms with E-state index in [1.165, 1.54) is 30.3 Å². The summed E-state index contributed by atoms with van der Waals surface area (Å²) < 4.78 is 28.6. The molecule has 1 heterocycles. The summed E-state index contributed by atoms with van der Waals surface area (Å²) in [5.41, 5.74) is 2.52. The number of benzene rings is 2. The predicted octanol–water partition coefficient (Wildman–Crippen LogP) is 3.67. The fraction of sp³-hybridized carbons (Fsp3) is 0.200. The first-order valence-electron chi connectivity index (χ1n) is 8.00. The number of carbonyl (C=O) groups excluding carboxylic acids is 1. The third-order valence-corrected chi connectivity index (χ3v) is 3.99. The van der Waals surface area contributed by atoms with Gasteiger partial charge in [0.15, 0.2) is 6.61 Å². The molecule has 0 saturated carbocycles. The summed E-state index contributed by atoms with van der Waals surface area (Å²) >= 11 is 0. The average molecular weight is 356 g/mol. The Bertz CT molecular complexity index is 1020. The Balaban J connectivity index is 1.70. The quantitative estimate of drug-likeness (QED) is 0.515. The van der Waals surface area contributed by atoms with Crippen molar-refractivity contribution in [2.24, 2.45) is 0 Å². The molecule has 3 aromatic rings. The van der Waals surface area contributed by atoms with E-state index in [-0.39, 0.29) is 19.0 Å². The van der Waals surface area contributed by atoms with Crippen LogP contribution in [0.25, 0.3) is 11.0 Å². The van der Waals surface area contributed by atoms with E-state index < -0.39 is 17.4 Å². The number of halogens is 1. The molecule has 1 aromatic heterocycles. The van der Waals surface area contributed by atoms with E-state index >= 15 is 0 Å². The van der Waals surface area contributed by atoms with Crippen LogP contribution in [0.1, 0.15) is 16.7 Å². The maximum Gasteiger partial charge on any atom is 0.344 e. The van der Waals surface area contributed by atoms with E-state index in [0.29, 0.717) is 16.5 Å². The number of carbonyl (C=O) groups is 1. The summed E-state index contributed by atoms with van der Waals surface area (Å²) in [6.45, 7) is 3.42. The molecule has 26 heavy (non-hydrogen) atoms. The van der Waals surface area contributed by atoms with Gasteiger partial charge in [0, 0.05) is 23.1 Å². The molecule has 0 amide bonds. The van der Waals surface area contributed by atoms with E-state index in [1.54, 1.807) is 6.07 Å². The number of esters is 1. The van der Waals surface area contributed by atoms with Crippen LogP contribution in [-0.2, 0) is 16.1 Å². The fourth-order valence-electron chi connectivity index (χ4n) is 2.50. The van der Waals surface area contributed by atoms with Gasteiger partial charge in [-0.3, -0.25) is 0 Å². The summed E-state index contributed by atoms with van der Waals surface area (Å²) in [5.74, 6) is -0.845. The zero-order chi connectivity index (χ0) is 18.7. The maximum atomic E-state index is 13.1. The molecule has 0 aliphatic rings. The van der Waals surface area contributed by atoms with Crippen LogP contribution in [0.3, 0.4) is 0 Å². The lowest BCUT2D eigenvalue weighted by Gasteiger charge is -2.10. The molecule has 2 aromatic carbocycles. The van der Waals surface area contributed by atoms with Crippen molar-refractivity contribution in [3.05, 3.63) is 75.4 Å². The van der Waals surface area contributed by atoms with Crippen molar-refractivity contribution in [2.45, 2.75) is 20.5 Å². The molecular weight excluding hydrogens is 339 g/mol. The Hall–Kier alpha value is -3.15. The zero-order valence-electron chi connectivity index (χ0n) is 14.4. The minimum Gasteiger partial charge on any atom is -0.482 e. The molecule has 0 aliphatic carbocycles. The molecule has 0 atom stereocenters. The minimum absolute atomic E-state index is 0.0874. The SMILES string of the molecule is Cc1cc2oc(=O)cc(COC(=O)COc3cccc(F)c3)c2cc1C. The lowest BCUT2D eigenvalue weighted by molar-refractivity contribution is -0.147. The van der Waals surface area contributed by atoms with Crippen molar-refractivity contribution < 1.29 is 23.1 Å². The number of aryl methyl sites for hydroxylation is 2. The van der Waals surface area contributed by atoms with Gasteiger partial charge in [0.2, 0.25) is 0 Å². The van der Waals surface area contributed by atoms with E-state index in [1.807, 2.05) is 19.9 Å². The molecule has 5 nitrogen and oxygen atoms in total. The molecule has 0 bridgehead atoms. The molecule has 0 saturated heterocycles. The van der Waals surface area contributed by atoms with Crippen LogP contribution in [0.2, 0.25) is 0 Å². The Kier molecular flexibility index (Phi) is 5.02. The fourth-order valence-corrected chi connectivity index (χ4v) is 2.50. The molecule has 6 heteroatoms. The van der Waals surface area contributed by atoms with Crippen molar-refractivity contribution in [1.82, 2.24) is 0 Å². The Morgan fingerprint density at radius 2 is 1.88 bits per heavy atom. The first-order chi connectivity index (χ1) is 12.4. The highest BCUT2D eigenvalue weighted by molar-refractivity contribution is 5.82. The highest BCUT2D eigenvalue weighted by atomic mass is 19.1. The van der Waals surface area contributed by atoms with Crippen LogP contribution in [0, 0.1) is 19.7 Å². The van der Waals surface area contributed by atoms with Crippen LogP contribution in [0.4, 0.5) is 4.39 Å². The zero-order valence-corrected chi connectivity index (χ0v) is 14.4. The molecule has 0 radical (unpaired) electrons. The predicted molar refractivity (Wildman–Crippen MR) is 93.6 cm³/mol. The molecular formula is C20H17FO5. The number of hydrogen-bond donors (Lipinski definition) is 0. The number of rotatable bonds is 5. The second-order valence-corrected chi connectivity index (χ2v) is 5.93. The number of fused-ring (bicyclic) bond motifs is 1. The van der Waals surface area contributed by atoms with Crippen LogP contribution < -0.4 is 10.4 Å². The largest absolute Gasteiger partial charge is 0.482 e. The van der Waals surface area contributed by atoms with Crippen LogP contribution in [0.5, 0.6) is 5.75 Å². The second-order valence-electron chi connectivity index (χ2n) is 5.93. The van der Waals surface area contributed by atoms with E-state index in [0.717, 1.165) is 11.1 Å². The smallest absolute Gasteiger partial charge is 0.344 e. The second kappa shape index (κ2) is 7.39. The molecule has 0 unspecified atom stereocenters. The third-order valence-electron chi connectivity index (χ3n) is 3.99. The third kappa shape index (κ3) is 4.08. The molecule has 0 aliphatic heterocycles. The van der Waals surface area contributed by atoms with Gasteiger partial charge in [-0.1, -0.05) is 6.07 Å². The van der Waals surface area contributed by atoms with Crippen LogP contribution >= 0.6 is 0 Å². The van der Waals surface area contributed by atoms with Crippen molar-refractivity contribution in [2.75, 3.05) is 6.61 Å². The summed E-state index contributed by atoms with van der Waals surface area (Å²) in [6, 6.07) is 10.4. The van der Waals surface area contributed by atoms with E-state index in [9.17, 15) is 14.0 Å². The van der Waals surface area contributed by atoms with E-state index in [4.69, 9.17) is 13.9 Å². The highest BCUT2D eigenvalue weighted by Gasteiger charge is 2.11. The average Bonchev–Trinajstić information content (AvgIpc) is 2.59. The molecule has 0 N–H and O–H groups in total. The molecule has 3 rings (SSSR count). The van der Waals surface area contributed by atoms with Gasteiger partial charge in [0.05, 0.1) is 0 Å². The van der Waals surface area contributed by atoms with Gasteiger partial charge in [0.25, 0.3) is 0 Å². The normalized spacial score (nSPS) is 10.7. The maximum absolute atomic E-state index is 13.1. The van der Waals surface area contributed by atoms with Crippen molar-refractivity contribution in [1.29, 1.82) is 0 Å². The van der Waals surface area contributed by atoms with E-state index in [2.05, 4.69) is 0 Å². The summed E-state index contributed by atoms with van der Waals surface area (Å²) in [6.07, 6.45) is 0. The van der Waals surface area contributed by atoms with Crippen molar-refractivity contribution in [3.63, 3.8) is 0 Å². The highest BCUT2D eigenvalue weighted by Crippen LogP contribution is 2.22. The molecule has 134 valence electrons. The number of hydrogen-bond acceptors (Lipinski definition) is 5. The monoisotopic (exact) mass is 356 g/mol. The Morgan fingerprint density at radius 1 is 1.12 bits per heavy atom. The summed E-state index contributed by atoms with van der Waals surface area (Å²) in [7, 11) is 0. The van der Waals surface area contributed by atoms with Gasteiger partial charge in [-0.15, -0.1) is 0 Å². The van der Waals surface area contributed by atoms with Crippen LogP contribution in [0.15, 0.2) is 51.7 Å². The van der Waals surface area contributed by atoms with Gasteiger partial charge >= 0.3 is 11.6 Å².